The molecule has 0 unspecified atom stereocenters. The summed E-state index contributed by atoms with van der Waals surface area (Å²) in [7, 11) is 0. The Kier molecular flexibility index (Phi) is 5.09. The number of nitrogens with zero attached hydrogens (tertiary/aromatic N) is 6. The molecule has 0 aliphatic heterocycles. The summed E-state index contributed by atoms with van der Waals surface area (Å²) in [5.74, 6) is 1.59. The standard InChI is InChI=1S/C17H13BrN6S2/c1-2-14-20-17(26-23-14)25-16-22-21-15(11-4-3-9-19-10-11)24(16)13-7-5-12(18)6-8-13/h3-10H,2H2,1H3. The largest absolute Gasteiger partial charge is 0.270 e. The summed E-state index contributed by atoms with van der Waals surface area (Å²) in [5, 5.41) is 9.54. The highest BCUT2D eigenvalue weighted by Crippen LogP contribution is 2.33. The fourth-order valence-electron chi connectivity index (χ4n) is 2.34. The first-order chi connectivity index (χ1) is 12.7. The number of hydrogen-bond donors (Lipinski definition) is 0. The summed E-state index contributed by atoms with van der Waals surface area (Å²) < 4.78 is 8.23. The van der Waals surface area contributed by atoms with Crippen LogP contribution in [0.15, 0.2) is 62.8 Å². The maximum atomic E-state index is 4.52. The van der Waals surface area contributed by atoms with Gasteiger partial charge in [0, 0.05) is 34.5 Å². The highest BCUT2D eigenvalue weighted by molar-refractivity contribution is 9.10. The maximum absolute atomic E-state index is 4.52. The minimum atomic E-state index is 0.739. The summed E-state index contributed by atoms with van der Waals surface area (Å²) in [4.78, 5) is 8.73. The monoisotopic (exact) mass is 444 g/mol. The van der Waals surface area contributed by atoms with Gasteiger partial charge in [-0.25, -0.2) is 4.98 Å². The number of rotatable bonds is 5. The Morgan fingerprint density at radius 1 is 1.15 bits per heavy atom. The van der Waals surface area contributed by atoms with Gasteiger partial charge >= 0.3 is 0 Å². The zero-order chi connectivity index (χ0) is 17.9. The van der Waals surface area contributed by atoms with Gasteiger partial charge in [0.25, 0.3) is 0 Å². The highest BCUT2D eigenvalue weighted by Gasteiger charge is 2.18. The number of benzene rings is 1. The van der Waals surface area contributed by atoms with Crippen LogP contribution in [0.5, 0.6) is 0 Å². The SMILES string of the molecule is CCc1nsc(Sc2nnc(-c3cccnc3)n2-c2ccc(Br)cc2)n1. The van der Waals surface area contributed by atoms with Gasteiger partial charge in [-0.2, -0.15) is 4.37 Å². The zero-order valence-corrected chi connectivity index (χ0v) is 16.9. The van der Waals surface area contributed by atoms with Crippen LogP contribution in [0, 0.1) is 0 Å². The lowest BCUT2D eigenvalue weighted by Crippen LogP contribution is -1.99. The van der Waals surface area contributed by atoms with E-state index in [1.807, 2.05) is 47.9 Å². The predicted molar refractivity (Wildman–Crippen MR) is 106 cm³/mol. The molecule has 3 heterocycles. The first kappa shape index (κ1) is 17.3. The van der Waals surface area contributed by atoms with Crippen LogP contribution in [-0.2, 0) is 6.42 Å². The minimum absolute atomic E-state index is 0.739. The van der Waals surface area contributed by atoms with Crippen LogP contribution in [-0.4, -0.2) is 29.1 Å². The lowest BCUT2D eigenvalue weighted by atomic mass is 10.2. The maximum Gasteiger partial charge on any atom is 0.203 e. The van der Waals surface area contributed by atoms with Crippen LogP contribution in [0.1, 0.15) is 12.7 Å². The van der Waals surface area contributed by atoms with Crippen molar-refractivity contribution in [2.45, 2.75) is 22.8 Å². The second-order valence-electron chi connectivity index (χ2n) is 5.29. The predicted octanol–water partition coefficient (Wildman–Crippen LogP) is 4.66. The molecule has 3 aromatic heterocycles. The molecule has 0 aliphatic rings. The van der Waals surface area contributed by atoms with Crippen molar-refractivity contribution in [2.24, 2.45) is 0 Å². The van der Waals surface area contributed by atoms with Gasteiger partial charge < -0.3 is 0 Å². The van der Waals surface area contributed by atoms with E-state index < -0.39 is 0 Å². The summed E-state index contributed by atoms with van der Waals surface area (Å²) >= 11 is 6.33. The Bertz CT molecular complexity index is 1010. The number of hydrogen-bond acceptors (Lipinski definition) is 7. The van der Waals surface area contributed by atoms with E-state index in [1.165, 1.54) is 23.3 Å². The van der Waals surface area contributed by atoms with Crippen molar-refractivity contribution in [2.75, 3.05) is 0 Å². The van der Waals surface area contributed by atoms with Gasteiger partial charge in [-0.3, -0.25) is 9.55 Å². The molecule has 0 spiro atoms. The zero-order valence-electron chi connectivity index (χ0n) is 13.7. The van der Waals surface area contributed by atoms with Crippen LogP contribution >= 0.6 is 39.2 Å². The van der Waals surface area contributed by atoms with Gasteiger partial charge in [-0.05, 0) is 59.7 Å². The average Bonchev–Trinajstić information content (AvgIpc) is 3.30. The molecule has 0 atom stereocenters. The molecule has 9 heteroatoms. The van der Waals surface area contributed by atoms with Crippen LogP contribution in [0.4, 0.5) is 0 Å². The number of halogens is 1. The molecule has 6 nitrogen and oxygen atoms in total. The molecular weight excluding hydrogens is 432 g/mol. The van der Waals surface area contributed by atoms with Crippen molar-refractivity contribution < 1.29 is 0 Å². The van der Waals surface area contributed by atoms with E-state index in [9.17, 15) is 0 Å². The van der Waals surface area contributed by atoms with Gasteiger partial charge in [-0.15, -0.1) is 10.2 Å². The molecule has 0 saturated carbocycles. The fourth-order valence-corrected chi connectivity index (χ4v) is 4.26. The Labute approximate surface area is 167 Å². The molecule has 4 rings (SSSR count). The first-order valence-electron chi connectivity index (χ1n) is 7.87. The van der Waals surface area contributed by atoms with E-state index >= 15 is 0 Å². The molecule has 1 aromatic carbocycles. The summed E-state index contributed by atoms with van der Waals surface area (Å²) in [6.07, 6.45) is 4.35. The Morgan fingerprint density at radius 3 is 2.69 bits per heavy atom. The van der Waals surface area contributed by atoms with Crippen molar-refractivity contribution in [3.05, 3.63) is 59.1 Å². The molecular formula is C17H13BrN6S2. The smallest absolute Gasteiger partial charge is 0.203 e. The van der Waals surface area contributed by atoms with Crippen LogP contribution in [0.2, 0.25) is 0 Å². The quantitative estimate of drug-likeness (QED) is 0.445. The average molecular weight is 445 g/mol. The van der Waals surface area contributed by atoms with Crippen molar-refractivity contribution in [3.63, 3.8) is 0 Å². The molecule has 4 aromatic rings. The fraction of sp³-hybridized carbons (Fsp3) is 0.118. The molecule has 26 heavy (non-hydrogen) atoms. The van der Waals surface area contributed by atoms with Crippen molar-refractivity contribution in [3.8, 4) is 17.1 Å². The van der Waals surface area contributed by atoms with Crippen molar-refractivity contribution in [1.29, 1.82) is 0 Å². The number of pyridine rings is 1. The third-order valence-electron chi connectivity index (χ3n) is 3.58. The minimum Gasteiger partial charge on any atom is -0.270 e. The molecule has 0 bridgehead atoms. The summed E-state index contributed by atoms with van der Waals surface area (Å²) in [5.41, 5.74) is 1.88. The van der Waals surface area contributed by atoms with Crippen molar-refractivity contribution in [1.82, 2.24) is 29.1 Å². The summed E-state index contributed by atoms with van der Waals surface area (Å²) in [6.45, 7) is 2.04. The molecule has 0 fully saturated rings. The van der Waals surface area contributed by atoms with Gasteiger partial charge in [-0.1, -0.05) is 22.9 Å². The molecule has 0 aliphatic carbocycles. The van der Waals surface area contributed by atoms with Gasteiger partial charge in [0.05, 0.1) is 0 Å². The number of aromatic nitrogens is 6. The van der Waals surface area contributed by atoms with E-state index in [-0.39, 0.29) is 0 Å². The lowest BCUT2D eigenvalue weighted by Gasteiger charge is -2.09. The second kappa shape index (κ2) is 7.65. The van der Waals surface area contributed by atoms with Gasteiger partial charge in [0.1, 0.15) is 5.82 Å². The van der Waals surface area contributed by atoms with E-state index in [0.29, 0.717) is 0 Å². The second-order valence-corrected chi connectivity index (χ2v) is 8.17. The van der Waals surface area contributed by atoms with Crippen LogP contribution < -0.4 is 0 Å². The molecule has 0 amide bonds. The van der Waals surface area contributed by atoms with Gasteiger partial charge in [0.15, 0.2) is 10.2 Å². The normalized spacial score (nSPS) is 11.0. The molecule has 0 saturated heterocycles. The third kappa shape index (κ3) is 3.55. The van der Waals surface area contributed by atoms with Gasteiger partial charge in [0.2, 0.25) is 5.16 Å². The molecule has 0 radical (unpaired) electrons. The lowest BCUT2D eigenvalue weighted by molar-refractivity contribution is 0.883. The van der Waals surface area contributed by atoms with E-state index in [1.54, 1.807) is 12.4 Å². The van der Waals surface area contributed by atoms with Crippen LogP contribution in [0.3, 0.4) is 0 Å². The van der Waals surface area contributed by atoms with E-state index in [4.69, 9.17) is 0 Å². The topological polar surface area (TPSA) is 69.4 Å². The van der Waals surface area contributed by atoms with Crippen LogP contribution in [0.25, 0.3) is 17.1 Å². The number of aryl methyl sites for hydroxylation is 1. The Morgan fingerprint density at radius 2 is 2.00 bits per heavy atom. The first-order valence-corrected chi connectivity index (χ1v) is 10.2. The Balaban J connectivity index is 1.81. The highest BCUT2D eigenvalue weighted by atomic mass is 79.9. The molecule has 130 valence electrons. The van der Waals surface area contributed by atoms with Crippen molar-refractivity contribution >= 4 is 39.2 Å². The third-order valence-corrected chi connectivity index (χ3v) is 5.85. The van der Waals surface area contributed by atoms with E-state index in [2.05, 4.69) is 40.5 Å². The molecule has 0 N–H and O–H groups in total. The summed E-state index contributed by atoms with van der Waals surface area (Å²) in [6, 6.07) is 11.9. The Hall–Kier alpha value is -2.10. The van der Waals surface area contributed by atoms with E-state index in [0.717, 1.165) is 43.3 Å².